The number of likely N-dealkylation sites (N-methyl/N-ethyl adjacent to an activating group) is 1. The molecule has 1 unspecified atom stereocenters. The Bertz CT molecular complexity index is 807. The summed E-state index contributed by atoms with van der Waals surface area (Å²) < 4.78 is 16.4. The topological polar surface area (TPSA) is 60.0 Å². The molecule has 150 valence electrons. The fourth-order valence-corrected chi connectivity index (χ4v) is 3.25. The molecule has 2 aromatic carbocycles. The summed E-state index contributed by atoms with van der Waals surface area (Å²) >= 11 is 0. The number of methoxy groups -OCH3 is 1. The maximum Gasteiger partial charge on any atom is 0.220 e. The Morgan fingerprint density at radius 3 is 2.68 bits per heavy atom. The van der Waals surface area contributed by atoms with E-state index in [0.717, 1.165) is 28.4 Å². The number of hydrogen-bond donors (Lipinski definition) is 1. The Morgan fingerprint density at radius 2 is 1.93 bits per heavy atom. The molecule has 3 rings (SSSR count). The van der Waals surface area contributed by atoms with E-state index < -0.39 is 0 Å². The lowest BCUT2D eigenvalue weighted by atomic mass is 10.1. The fraction of sp³-hybridized carbons (Fsp3) is 0.409. The molecule has 0 spiro atoms. The average molecular weight is 384 g/mol. The van der Waals surface area contributed by atoms with Crippen molar-refractivity contribution in [2.75, 3.05) is 41.0 Å². The van der Waals surface area contributed by atoms with E-state index >= 15 is 0 Å². The van der Waals surface area contributed by atoms with Crippen LogP contribution in [0.25, 0.3) is 0 Å². The first-order valence-electron chi connectivity index (χ1n) is 9.52. The number of aryl methyl sites for hydroxylation is 1. The highest BCUT2D eigenvalue weighted by Gasteiger charge is 2.16. The van der Waals surface area contributed by atoms with Gasteiger partial charge in [0.25, 0.3) is 0 Å². The number of nitrogens with zero attached hydrogens (tertiary/aromatic N) is 1. The van der Waals surface area contributed by atoms with Crippen LogP contribution in [0.1, 0.15) is 23.6 Å². The van der Waals surface area contributed by atoms with Crippen molar-refractivity contribution in [1.82, 2.24) is 10.2 Å². The summed E-state index contributed by atoms with van der Waals surface area (Å²) in [6.45, 7) is 1.68. The maximum absolute atomic E-state index is 12.4. The lowest BCUT2D eigenvalue weighted by Gasteiger charge is -2.25. The molecule has 1 heterocycles. The molecule has 0 aliphatic carbocycles. The third kappa shape index (κ3) is 5.16. The molecule has 1 aliphatic rings. The molecule has 0 fully saturated rings. The molecule has 2 aromatic rings. The third-order valence-electron chi connectivity index (χ3n) is 4.84. The maximum atomic E-state index is 12.4. The average Bonchev–Trinajstić information content (AvgIpc) is 2.72. The first-order valence-corrected chi connectivity index (χ1v) is 9.52. The van der Waals surface area contributed by atoms with Gasteiger partial charge in [0.1, 0.15) is 19.0 Å². The van der Waals surface area contributed by atoms with Crippen molar-refractivity contribution in [3.63, 3.8) is 0 Å². The zero-order chi connectivity index (χ0) is 19.9. The smallest absolute Gasteiger partial charge is 0.220 e. The van der Waals surface area contributed by atoms with Crippen LogP contribution in [0.4, 0.5) is 0 Å². The Morgan fingerprint density at radius 1 is 1.14 bits per heavy atom. The molecule has 1 amide bonds. The first-order chi connectivity index (χ1) is 13.6. The van der Waals surface area contributed by atoms with Crippen molar-refractivity contribution in [2.45, 2.75) is 18.9 Å². The Kier molecular flexibility index (Phi) is 6.76. The van der Waals surface area contributed by atoms with E-state index in [9.17, 15) is 4.79 Å². The number of hydrogen-bond acceptors (Lipinski definition) is 5. The summed E-state index contributed by atoms with van der Waals surface area (Å²) in [5.41, 5.74) is 2.17. The predicted molar refractivity (Wildman–Crippen MR) is 108 cm³/mol. The summed E-state index contributed by atoms with van der Waals surface area (Å²) in [7, 11) is 5.67. The number of benzene rings is 2. The summed E-state index contributed by atoms with van der Waals surface area (Å²) in [5.74, 6) is 2.38. The molecular weight excluding hydrogens is 356 g/mol. The molecule has 0 saturated carbocycles. The highest BCUT2D eigenvalue weighted by molar-refractivity contribution is 5.76. The number of rotatable bonds is 8. The van der Waals surface area contributed by atoms with Gasteiger partial charge in [0.2, 0.25) is 5.91 Å². The van der Waals surface area contributed by atoms with Crippen LogP contribution in [0, 0.1) is 0 Å². The van der Waals surface area contributed by atoms with E-state index in [0.29, 0.717) is 32.6 Å². The minimum absolute atomic E-state index is 0.0321. The second-order valence-corrected chi connectivity index (χ2v) is 7.04. The molecule has 0 aromatic heterocycles. The molecule has 0 bridgehead atoms. The standard InChI is InChI=1S/C22H28N2O4/c1-24(2)19(17-5-4-6-18(14-17)26-3)15-23-22(25)10-8-16-7-9-20-21(13-16)28-12-11-27-20/h4-7,9,13-14,19H,8,10-12,15H2,1-3H3,(H,23,25). The van der Waals surface area contributed by atoms with E-state index in [1.54, 1.807) is 7.11 Å². The second kappa shape index (κ2) is 9.46. The van der Waals surface area contributed by atoms with Gasteiger partial charge in [0, 0.05) is 13.0 Å². The van der Waals surface area contributed by atoms with E-state index in [1.807, 2.05) is 50.5 Å². The van der Waals surface area contributed by atoms with Crippen molar-refractivity contribution in [3.8, 4) is 17.2 Å². The van der Waals surface area contributed by atoms with Crippen molar-refractivity contribution >= 4 is 5.91 Å². The predicted octanol–water partition coefficient (Wildman–Crippen LogP) is 2.82. The van der Waals surface area contributed by atoms with E-state index in [2.05, 4.69) is 16.3 Å². The second-order valence-electron chi connectivity index (χ2n) is 7.04. The van der Waals surface area contributed by atoms with Crippen molar-refractivity contribution < 1.29 is 19.0 Å². The highest BCUT2D eigenvalue weighted by atomic mass is 16.6. The van der Waals surface area contributed by atoms with Crippen molar-refractivity contribution in [1.29, 1.82) is 0 Å². The van der Waals surface area contributed by atoms with Crippen molar-refractivity contribution in [3.05, 3.63) is 53.6 Å². The molecule has 6 heteroatoms. The van der Waals surface area contributed by atoms with Gasteiger partial charge in [-0.15, -0.1) is 0 Å². The van der Waals surface area contributed by atoms with Crippen LogP contribution in [0.15, 0.2) is 42.5 Å². The Hall–Kier alpha value is -2.73. The number of carbonyl (C=O) groups excluding carboxylic acids is 1. The minimum Gasteiger partial charge on any atom is -0.497 e. The van der Waals surface area contributed by atoms with Crippen LogP contribution < -0.4 is 19.5 Å². The zero-order valence-corrected chi connectivity index (χ0v) is 16.7. The van der Waals surface area contributed by atoms with Gasteiger partial charge < -0.3 is 24.4 Å². The molecule has 1 atom stereocenters. The lowest BCUT2D eigenvalue weighted by Crippen LogP contribution is -2.34. The highest BCUT2D eigenvalue weighted by Crippen LogP contribution is 2.31. The Labute approximate surface area is 166 Å². The number of ether oxygens (including phenoxy) is 3. The van der Waals surface area contributed by atoms with Gasteiger partial charge in [-0.2, -0.15) is 0 Å². The Balaban J connectivity index is 1.53. The van der Waals surface area contributed by atoms with Crippen LogP contribution in [0.2, 0.25) is 0 Å². The molecule has 6 nitrogen and oxygen atoms in total. The summed E-state index contributed by atoms with van der Waals surface area (Å²) in [6.07, 6.45) is 1.09. The molecule has 1 N–H and O–H groups in total. The van der Waals surface area contributed by atoms with Crippen LogP contribution in [0.3, 0.4) is 0 Å². The van der Waals surface area contributed by atoms with Gasteiger partial charge in [-0.1, -0.05) is 18.2 Å². The van der Waals surface area contributed by atoms with Crippen LogP contribution in [0.5, 0.6) is 17.2 Å². The molecule has 0 saturated heterocycles. The van der Waals surface area contributed by atoms with Gasteiger partial charge in [0.15, 0.2) is 11.5 Å². The van der Waals surface area contributed by atoms with Gasteiger partial charge in [-0.05, 0) is 55.9 Å². The van der Waals surface area contributed by atoms with Gasteiger partial charge in [-0.3, -0.25) is 4.79 Å². The number of amides is 1. The third-order valence-corrected chi connectivity index (χ3v) is 4.84. The van der Waals surface area contributed by atoms with Crippen LogP contribution in [-0.2, 0) is 11.2 Å². The summed E-state index contributed by atoms with van der Waals surface area (Å²) in [6, 6.07) is 13.9. The number of carbonyl (C=O) groups is 1. The normalized spacial score (nSPS) is 13.9. The van der Waals surface area contributed by atoms with Gasteiger partial charge >= 0.3 is 0 Å². The molecule has 1 aliphatic heterocycles. The largest absolute Gasteiger partial charge is 0.497 e. The zero-order valence-electron chi connectivity index (χ0n) is 16.7. The number of fused-ring (bicyclic) bond motifs is 1. The van der Waals surface area contributed by atoms with E-state index in [4.69, 9.17) is 14.2 Å². The quantitative estimate of drug-likeness (QED) is 0.758. The van der Waals surface area contributed by atoms with Crippen molar-refractivity contribution in [2.24, 2.45) is 0 Å². The molecule has 0 radical (unpaired) electrons. The van der Waals surface area contributed by atoms with E-state index in [1.165, 1.54) is 0 Å². The van der Waals surface area contributed by atoms with E-state index in [-0.39, 0.29) is 11.9 Å². The lowest BCUT2D eigenvalue weighted by molar-refractivity contribution is -0.121. The summed E-state index contributed by atoms with van der Waals surface area (Å²) in [4.78, 5) is 14.5. The SMILES string of the molecule is COc1cccc(C(CNC(=O)CCc2ccc3c(c2)OCCO3)N(C)C)c1. The summed E-state index contributed by atoms with van der Waals surface area (Å²) in [5, 5.41) is 3.06. The molecule has 28 heavy (non-hydrogen) atoms. The van der Waals surface area contributed by atoms with Gasteiger partial charge in [0.05, 0.1) is 13.2 Å². The van der Waals surface area contributed by atoms with Gasteiger partial charge in [-0.25, -0.2) is 0 Å². The van der Waals surface area contributed by atoms with Crippen LogP contribution >= 0.6 is 0 Å². The number of nitrogens with one attached hydrogen (secondary N) is 1. The van der Waals surface area contributed by atoms with Crippen LogP contribution in [-0.4, -0.2) is 51.8 Å². The minimum atomic E-state index is 0.0321. The fourth-order valence-electron chi connectivity index (χ4n) is 3.25. The molecular formula is C22H28N2O4. The monoisotopic (exact) mass is 384 g/mol. The first kappa shape index (κ1) is 20.0.